The van der Waals surface area contributed by atoms with Crippen molar-refractivity contribution in [3.05, 3.63) is 17.8 Å². The van der Waals surface area contributed by atoms with Crippen LogP contribution in [0.25, 0.3) is 0 Å². The number of rotatable bonds is 12. The lowest BCUT2D eigenvalue weighted by Gasteiger charge is -2.40. The molecule has 0 unspecified atom stereocenters. The summed E-state index contributed by atoms with van der Waals surface area (Å²) in [7, 11) is 1.67. The first-order valence-corrected chi connectivity index (χ1v) is 11.2. The Balaban J connectivity index is 2.29. The second kappa shape index (κ2) is 11.0. The van der Waals surface area contributed by atoms with Crippen molar-refractivity contribution in [3.8, 4) is 5.88 Å². The van der Waals surface area contributed by atoms with Crippen molar-refractivity contribution in [1.29, 1.82) is 0 Å². The van der Waals surface area contributed by atoms with Gasteiger partial charge in [-0.1, -0.05) is 27.7 Å². The molecule has 0 aliphatic carbocycles. The van der Waals surface area contributed by atoms with Crippen molar-refractivity contribution in [3.63, 3.8) is 0 Å². The molecule has 0 bridgehead atoms. The highest BCUT2D eigenvalue weighted by molar-refractivity contribution is 5.97. The summed E-state index contributed by atoms with van der Waals surface area (Å²) >= 11 is 0. The van der Waals surface area contributed by atoms with Gasteiger partial charge in [0.2, 0.25) is 5.88 Å². The van der Waals surface area contributed by atoms with Gasteiger partial charge in [-0.3, -0.25) is 4.79 Å². The number of anilines is 1. The summed E-state index contributed by atoms with van der Waals surface area (Å²) in [5.74, 6) is -0.622. The molecule has 0 atom stereocenters. The number of carbonyl (C=O) groups excluding carboxylic acids is 2. The van der Waals surface area contributed by atoms with Gasteiger partial charge in [-0.15, -0.1) is 0 Å². The number of aliphatic hydroxyl groups is 1. The molecule has 1 saturated heterocycles. The number of nitrogens with one attached hydrogen (secondary N) is 1. The van der Waals surface area contributed by atoms with Crippen molar-refractivity contribution < 1.29 is 28.9 Å². The molecule has 1 aliphatic rings. The van der Waals surface area contributed by atoms with Gasteiger partial charge in [0.25, 0.3) is 5.91 Å². The Kier molecular flexibility index (Phi) is 8.86. The number of amides is 1. The molecule has 0 radical (unpaired) electrons. The lowest BCUT2D eigenvalue weighted by Crippen LogP contribution is -2.54. The van der Waals surface area contributed by atoms with Gasteiger partial charge in [0.15, 0.2) is 0 Å². The van der Waals surface area contributed by atoms with Crippen LogP contribution in [0.2, 0.25) is 0 Å². The van der Waals surface area contributed by atoms with E-state index in [0.29, 0.717) is 31.8 Å². The number of carbonyl (C=O) groups is 2. The third-order valence-corrected chi connectivity index (χ3v) is 5.85. The molecular formula is C23H37N3O6. The van der Waals surface area contributed by atoms with Crippen molar-refractivity contribution >= 4 is 17.6 Å². The number of aliphatic hydroxyl groups excluding tert-OH is 1. The molecule has 9 nitrogen and oxygen atoms in total. The molecule has 0 saturated carbocycles. The Morgan fingerprint density at radius 3 is 2.41 bits per heavy atom. The fraction of sp³-hybridized carbons (Fsp3) is 0.696. The number of nitrogens with zero attached hydrogens (tertiary/aromatic N) is 2. The summed E-state index contributed by atoms with van der Waals surface area (Å²) in [5, 5.41) is 12.4. The third kappa shape index (κ3) is 5.89. The van der Waals surface area contributed by atoms with Crippen LogP contribution in [0.5, 0.6) is 5.88 Å². The van der Waals surface area contributed by atoms with Crippen LogP contribution in [-0.4, -0.2) is 73.6 Å². The van der Waals surface area contributed by atoms with E-state index in [4.69, 9.17) is 14.2 Å². The molecule has 1 aliphatic heterocycles. The Morgan fingerprint density at radius 1 is 1.22 bits per heavy atom. The van der Waals surface area contributed by atoms with E-state index in [2.05, 4.69) is 15.2 Å². The van der Waals surface area contributed by atoms with Gasteiger partial charge >= 0.3 is 5.97 Å². The molecule has 0 aromatic carbocycles. The van der Waals surface area contributed by atoms with Gasteiger partial charge in [0, 0.05) is 25.6 Å². The highest BCUT2D eigenvalue weighted by Gasteiger charge is 2.39. The molecule has 1 aromatic heterocycles. The lowest BCUT2D eigenvalue weighted by molar-refractivity contribution is -0.151. The maximum Gasteiger partial charge on any atom is 0.331 e. The summed E-state index contributed by atoms with van der Waals surface area (Å²) in [4.78, 5) is 32.1. The molecule has 9 heteroatoms. The number of hydrogen-bond donors (Lipinski definition) is 2. The quantitative estimate of drug-likeness (QED) is 0.465. The van der Waals surface area contributed by atoms with Crippen molar-refractivity contribution in [2.75, 3.05) is 44.9 Å². The van der Waals surface area contributed by atoms with E-state index in [1.807, 2.05) is 27.7 Å². The van der Waals surface area contributed by atoms with Crippen molar-refractivity contribution in [1.82, 2.24) is 10.3 Å². The number of pyridine rings is 1. The summed E-state index contributed by atoms with van der Waals surface area (Å²) < 4.78 is 16.5. The van der Waals surface area contributed by atoms with Gasteiger partial charge < -0.3 is 29.5 Å². The van der Waals surface area contributed by atoms with Crippen LogP contribution in [0, 0.1) is 5.41 Å². The fourth-order valence-electron chi connectivity index (χ4n) is 3.32. The topological polar surface area (TPSA) is 110 Å². The minimum atomic E-state index is -1.11. The van der Waals surface area contributed by atoms with E-state index in [0.717, 1.165) is 5.69 Å². The molecule has 2 N–H and O–H groups in total. The first-order valence-electron chi connectivity index (χ1n) is 11.2. The average molecular weight is 452 g/mol. The van der Waals surface area contributed by atoms with E-state index in [1.54, 1.807) is 26.2 Å². The summed E-state index contributed by atoms with van der Waals surface area (Å²) in [6.07, 6.45) is 0.928. The molecule has 180 valence electrons. The van der Waals surface area contributed by atoms with E-state index in [9.17, 15) is 14.7 Å². The maximum atomic E-state index is 13.0. The third-order valence-electron chi connectivity index (χ3n) is 5.85. The zero-order chi connectivity index (χ0) is 23.9. The Bertz CT molecular complexity index is 788. The Hall–Kier alpha value is -2.39. The minimum absolute atomic E-state index is 0.0486. The number of esters is 1. The number of aromatic nitrogens is 1. The molecule has 32 heavy (non-hydrogen) atoms. The summed E-state index contributed by atoms with van der Waals surface area (Å²) in [6, 6.07) is 3.41. The van der Waals surface area contributed by atoms with Crippen molar-refractivity contribution in [2.24, 2.45) is 5.41 Å². The normalized spacial score (nSPS) is 14.7. The maximum absolute atomic E-state index is 13.0. The van der Waals surface area contributed by atoms with E-state index in [-0.39, 0.29) is 31.6 Å². The molecular weight excluding hydrogens is 414 g/mol. The molecule has 2 rings (SSSR count). The number of methoxy groups -OCH3 is 1. The predicted molar refractivity (Wildman–Crippen MR) is 121 cm³/mol. The molecule has 2 heterocycles. The van der Waals surface area contributed by atoms with Crippen LogP contribution >= 0.6 is 0 Å². The van der Waals surface area contributed by atoms with Gasteiger partial charge in [-0.05, 0) is 31.9 Å². The minimum Gasteiger partial charge on any atom is -0.476 e. The zero-order valence-corrected chi connectivity index (χ0v) is 20.1. The van der Waals surface area contributed by atoms with Crippen LogP contribution in [-0.2, 0) is 14.3 Å². The van der Waals surface area contributed by atoms with Gasteiger partial charge in [0.05, 0.1) is 25.9 Å². The standard InChI is InChI=1S/C23H37N3O6/c1-7-23(8-2,21(29)31-9-3)25-19(28)17-10-11-18(26-12-16(13-26)30-6)20(24-17)32-15-22(4,5)14-27/h10-11,16,27H,7-9,12-15H2,1-6H3,(H,25,28). The fourth-order valence-corrected chi connectivity index (χ4v) is 3.32. The van der Waals surface area contributed by atoms with Gasteiger partial charge in [-0.25, -0.2) is 9.78 Å². The molecule has 1 aromatic rings. The molecule has 0 spiro atoms. The van der Waals surface area contributed by atoms with Gasteiger partial charge in [-0.2, -0.15) is 0 Å². The smallest absolute Gasteiger partial charge is 0.331 e. The van der Waals surface area contributed by atoms with Crippen LogP contribution in [0.15, 0.2) is 12.1 Å². The Morgan fingerprint density at radius 2 is 1.88 bits per heavy atom. The highest BCUT2D eigenvalue weighted by Crippen LogP contribution is 2.32. The Labute approximate surface area is 190 Å². The number of hydrogen-bond acceptors (Lipinski definition) is 8. The van der Waals surface area contributed by atoms with E-state index < -0.39 is 22.8 Å². The first kappa shape index (κ1) is 25.9. The monoisotopic (exact) mass is 451 g/mol. The first-order chi connectivity index (χ1) is 15.1. The average Bonchev–Trinajstić information content (AvgIpc) is 2.76. The van der Waals surface area contributed by atoms with Gasteiger partial charge in [0.1, 0.15) is 16.9 Å². The largest absolute Gasteiger partial charge is 0.476 e. The van der Waals surface area contributed by atoms with Crippen LogP contribution in [0.4, 0.5) is 5.69 Å². The summed E-state index contributed by atoms with van der Waals surface area (Å²) in [6.45, 7) is 11.0. The van der Waals surface area contributed by atoms with E-state index in [1.165, 1.54) is 0 Å². The highest BCUT2D eigenvalue weighted by atomic mass is 16.5. The second-order valence-corrected chi connectivity index (χ2v) is 8.86. The van der Waals surface area contributed by atoms with Crippen LogP contribution in [0.3, 0.4) is 0 Å². The SMILES string of the molecule is CCOC(=O)C(CC)(CC)NC(=O)c1ccc(N2CC(OC)C2)c(OCC(C)(C)CO)n1. The zero-order valence-electron chi connectivity index (χ0n) is 20.1. The van der Waals surface area contributed by atoms with Crippen LogP contribution < -0.4 is 15.0 Å². The summed E-state index contributed by atoms with van der Waals surface area (Å²) in [5.41, 5.74) is -0.683. The second-order valence-electron chi connectivity index (χ2n) is 8.86. The predicted octanol–water partition coefficient (Wildman–Crippen LogP) is 2.17. The molecule has 1 amide bonds. The number of ether oxygens (including phenoxy) is 3. The molecule has 1 fully saturated rings. The lowest BCUT2D eigenvalue weighted by atomic mass is 9.92. The van der Waals surface area contributed by atoms with E-state index >= 15 is 0 Å². The van der Waals surface area contributed by atoms with Crippen LogP contribution in [0.1, 0.15) is 57.9 Å². The van der Waals surface area contributed by atoms with Crippen molar-refractivity contribution in [2.45, 2.75) is 59.1 Å².